The first-order valence-corrected chi connectivity index (χ1v) is 34.4. The summed E-state index contributed by atoms with van der Waals surface area (Å²) in [7, 11) is 8.73. The molecule has 22 nitrogen and oxygen atoms in total. The molecule has 0 aromatic carbocycles. The van der Waals surface area contributed by atoms with Gasteiger partial charge in [0.2, 0.25) is 65.0 Å². The minimum Gasteiger partial charge on any atom is -0.351 e. The number of halogens is 4. The molecule has 0 radical (unpaired) electrons. The summed E-state index contributed by atoms with van der Waals surface area (Å²) >= 11 is 6.37. The van der Waals surface area contributed by atoms with Crippen LogP contribution < -0.4 is 21.3 Å². The van der Waals surface area contributed by atoms with Crippen molar-refractivity contribution in [1.29, 1.82) is 0 Å². The van der Waals surface area contributed by atoms with Crippen molar-refractivity contribution in [2.24, 2.45) is 35.5 Å². The van der Waals surface area contributed by atoms with Crippen LogP contribution >= 0.6 is 11.6 Å². The predicted molar refractivity (Wildman–Crippen MR) is 341 cm³/mol. The molecule has 0 aromatic heterocycles. The van der Waals surface area contributed by atoms with E-state index in [4.69, 9.17) is 11.6 Å². The maximum absolute atomic E-state index is 15.1. The van der Waals surface area contributed by atoms with Gasteiger partial charge >= 0.3 is 6.18 Å². The normalized spacial score (nSPS) is 30.3. The van der Waals surface area contributed by atoms with E-state index in [1.165, 1.54) is 76.6 Å². The molecule has 2 saturated heterocycles. The van der Waals surface area contributed by atoms with Crippen LogP contribution in [0.2, 0.25) is 0 Å². The lowest BCUT2D eigenvalue weighted by Gasteiger charge is -2.39. The van der Waals surface area contributed by atoms with Crippen molar-refractivity contribution in [3.63, 3.8) is 0 Å². The Hall–Kier alpha value is -5.75. The molecule has 92 heavy (non-hydrogen) atoms. The van der Waals surface area contributed by atoms with E-state index in [9.17, 15) is 56.3 Å². The lowest BCUT2D eigenvalue weighted by molar-refractivity contribution is -0.182. The number of hydrogen-bond donors (Lipinski definition) is 4. The van der Waals surface area contributed by atoms with Crippen molar-refractivity contribution in [2.45, 2.75) is 248 Å². The Balaban J connectivity index is 1.34. The molecule has 4 N–H and O–H groups in total. The summed E-state index contributed by atoms with van der Waals surface area (Å²) in [4.78, 5) is 169. The highest BCUT2D eigenvalue weighted by atomic mass is 35.5. The number of nitrogens with one attached hydrogen (secondary N) is 4. The Kier molecular flexibility index (Phi) is 27.5. The largest absolute Gasteiger partial charge is 0.393 e. The first-order valence-electron chi connectivity index (χ1n) is 34.0. The molecule has 6 rings (SSSR count). The molecule has 1 spiro atoms. The number of amides is 11. The van der Waals surface area contributed by atoms with Crippen LogP contribution in [0.1, 0.15) is 189 Å². The first-order chi connectivity index (χ1) is 43.2. The number of alkyl halides is 4. The molecule has 10 atom stereocenters. The lowest BCUT2D eigenvalue weighted by Crippen LogP contribution is -2.64. The van der Waals surface area contributed by atoms with Gasteiger partial charge in [0, 0.05) is 66.7 Å². The average molecular weight is 1320 g/mol. The van der Waals surface area contributed by atoms with Gasteiger partial charge in [0.25, 0.3) is 0 Å². The number of carbonyl (C=O) groups excluding carboxylic acids is 11. The van der Waals surface area contributed by atoms with E-state index in [1.807, 2.05) is 13.8 Å². The lowest BCUT2D eigenvalue weighted by atomic mass is 9.78. The van der Waals surface area contributed by atoms with Crippen LogP contribution in [-0.4, -0.2) is 227 Å². The van der Waals surface area contributed by atoms with Crippen LogP contribution in [0.4, 0.5) is 13.2 Å². The molecule has 2 heterocycles. The molecule has 11 amide bonds. The second-order valence-corrected chi connectivity index (χ2v) is 29.2. The maximum atomic E-state index is 15.1. The average Bonchev–Trinajstić information content (AvgIpc) is 1.54. The highest BCUT2D eigenvalue weighted by Gasteiger charge is 2.51. The Morgan fingerprint density at radius 1 is 0.576 bits per heavy atom. The molecule has 520 valence electrons. The molecule has 6 aliphatic rings. The Labute approximate surface area is 548 Å². The van der Waals surface area contributed by atoms with Crippen LogP contribution in [-0.2, 0) is 52.7 Å². The van der Waals surface area contributed by atoms with Crippen molar-refractivity contribution in [1.82, 2.24) is 55.6 Å². The summed E-state index contributed by atoms with van der Waals surface area (Å²) < 4.78 is 41.7. The van der Waals surface area contributed by atoms with Gasteiger partial charge in [-0.3, -0.25) is 52.7 Å². The van der Waals surface area contributed by atoms with Crippen molar-refractivity contribution >= 4 is 76.6 Å². The van der Waals surface area contributed by atoms with E-state index in [0.717, 1.165) is 51.4 Å². The van der Waals surface area contributed by atoms with E-state index >= 15 is 9.59 Å². The van der Waals surface area contributed by atoms with Gasteiger partial charge in [0.15, 0.2) is 0 Å². The zero-order chi connectivity index (χ0) is 68.1. The number of carbonyl (C=O) groups is 11. The Morgan fingerprint density at radius 2 is 1.17 bits per heavy atom. The van der Waals surface area contributed by atoms with Crippen LogP contribution in [0.5, 0.6) is 0 Å². The monoisotopic (exact) mass is 1320 g/mol. The van der Waals surface area contributed by atoms with Crippen molar-refractivity contribution in [2.75, 3.05) is 68.5 Å². The SMILES string of the molecule is CC(C)C[C@H]1C(=O)N[C@@H](C2CCCCC2)C(=O)N(C)CC(=O)N(C)CC(=O)N(C)[C@@H](CC2CCCCC2)C(=O)N(C)CC(=O)N[C@@H](CCC2CCC(C(F)(F)F)C(Cl)C2)C(=O)N2CCC[C@H]2C(=O)NC2(CCCC2)C(=O)N(C)[C@@H](C(C)C)C(=O)N[C@H](C)CC(=O)N1C. The Bertz CT molecular complexity index is 2620. The highest BCUT2D eigenvalue weighted by Crippen LogP contribution is 2.44. The summed E-state index contributed by atoms with van der Waals surface area (Å²) in [5.74, 6) is -9.22. The van der Waals surface area contributed by atoms with Crippen molar-refractivity contribution in [3.8, 4) is 0 Å². The highest BCUT2D eigenvalue weighted by molar-refractivity contribution is 6.20. The van der Waals surface area contributed by atoms with Gasteiger partial charge in [-0.05, 0) is 120 Å². The number of fused-ring (bicyclic) bond motifs is 1. The third-order valence-corrected chi connectivity index (χ3v) is 21.1. The van der Waals surface area contributed by atoms with Crippen LogP contribution in [0.3, 0.4) is 0 Å². The quantitative estimate of drug-likeness (QED) is 0.202. The summed E-state index contributed by atoms with van der Waals surface area (Å²) in [5.41, 5.74) is -1.47. The van der Waals surface area contributed by atoms with Gasteiger partial charge in [-0.2, -0.15) is 13.2 Å². The van der Waals surface area contributed by atoms with Gasteiger partial charge in [0.1, 0.15) is 41.8 Å². The second kappa shape index (κ2) is 33.6. The number of rotatable bonds is 9. The molecule has 0 bridgehead atoms. The van der Waals surface area contributed by atoms with E-state index in [1.54, 1.807) is 20.8 Å². The molecule has 4 aliphatic carbocycles. The summed E-state index contributed by atoms with van der Waals surface area (Å²) in [6, 6.07) is -7.47. The van der Waals surface area contributed by atoms with Gasteiger partial charge in [0.05, 0.1) is 25.6 Å². The van der Waals surface area contributed by atoms with E-state index in [0.29, 0.717) is 32.1 Å². The first kappa shape index (κ1) is 75.3. The molecule has 6 fully saturated rings. The number of hydrogen-bond acceptors (Lipinski definition) is 11. The van der Waals surface area contributed by atoms with Gasteiger partial charge in [-0.15, -0.1) is 11.6 Å². The summed E-state index contributed by atoms with van der Waals surface area (Å²) in [6.45, 7) is 7.58. The Morgan fingerprint density at radius 3 is 1.77 bits per heavy atom. The topological polar surface area (TPSA) is 259 Å². The maximum Gasteiger partial charge on any atom is 0.393 e. The van der Waals surface area contributed by atoms with Crippen LogP contribution in [0.25, 0.3) is 0 Å². The zero-order valence-corrected chi connectivity index (χ0v) is 57.3. The van der Waals surface area contributed by atoms with Crippen LogP contribution in [0, 0.1) is 35.5 Å². The van der Waals surface area contributed by atoms with Gasteiger partial charge in [-0.25, -0.2) is 0 Å². The molecule has 4 saturated carbocycles. The van der Waals surface area contributed by atoms with Crippen molar-refractivity contribution in [3.05, 3.63) is 0 Å². The standard InChI is InChI=1S/C66H107ClF3N11O11/c1-40(2)33-50-58(86)73-56(45-23-16-13-17-24-45)63(91)77(8)38-54(84)75(6)39-55(85)79(10)51(36-43-21-14-12-15-22-43)62(90)76(7)37-52(82)72-48(29-27-44-26-28-46(47(67)35-44)66(68,69)70)61(89)81-32-20-25-49(81)59(87)74-65(30-18-19-31-65)64(92)80(11)57(41(3)4)60(88)71-42(5)34-53(83)78(50)9/h40-51,56-57H,12-39H2,1-11H3,(H,71,88)(H,72,82)(H,73,86)(H,74,87)/t42-,44?,46?,47?,48+,49+,50+,51+,56+,57+/m1/s1. The molecule has 3 unspecified atom stereocenters. The molecule has 2 aliphatic heterocycles. The molecule has 26 heteroatoms. The molecule has 0 aromatic rings. The molecular formula is C66H107ClF3N11O11. The fourth-order valence-electron chi connectivity index (χ4n) is 15.2. The fraction of sp³-hybridized carbons (Fsp3) is 0.833. The molecular weight excluding hydrogens is 1220 g/mol. The van der Waals surface area contributed by atoms with E-state index in [2.05, 4.69) is 21.3 Å². The van der Waals surface area contributed by atoms with Gasteiger partial charge in [-0.1, -0.05) is 91.9 Å². The third kappa shape index (κ3) is 19.7. The minimum absolute atomic E-state index is 0.0166. The number of likely N-dealkylation sites (N-methyl/N-ethyl adjacent to an activating group) is 6. The third-order valence-electron chi connectivity index (χ3n) is 20.6. The smallest absolute Gasteiger partial charge is 0.351 e. The van der Waals surface area contributed by atoms with Crippen LogP contribution in [0.15, 0.2) is 0 Å². The summed E-state index contributed by atoms with van der Waals surface area (Å²) in [6.07, 6.45) is 6.35. The summed E-state index contributed by atoms with van der Waals surface area (Å²) in [5, 5.41) is 10.6. The fourth-order valence-corrected chi connectivity index (χ4v) is 15.7. The number of nitrogens with zero attached hydrogens (tertiary/aromatic N) is 7. The zero-order valence-electron chi connectivity index (χ0n) is 56.5. The van der Waals surface area contributed by atoms with E-state index in [-0.39, 0.29) is 101 Å². The second-order valence-electron chi connectivity index (χ2n) is 28.7. The predicted octanol–water partition coefficient (Wildman–Crippen LogP) is 5.76. The van der Waals surface area contributed by atoms with E-state index < -0.39 is 156 Å². The van der Waals surface area contributed by atoms with Gasteiger partial charge < -0.3 is 55.6 Å². The minimum atomic E-state index is -4.49. The van der Waals surface area contributed by atoms with Crippen molar-refractivity contribution < 1.29 is 65.9 Å².